The minimum Gasteiger partial charge on any atom is -0.480 e. The fourth-order valence-corrected chi connectivity index (χ4v) is 2.76. The molecule has 0 radical (unpaired) electrons. The number of pyridine rings is 1. The zero-order valence-corrected chi connectivity index (χ0v) is 16.2. The first-order valence-corrected chi connectivity index (χ1v) is 9.11. The molecule has 0 spiro atoms. The van der Waals surface area contributed by atoms with Gasteiger partial charge >= 0.3 is 5.97 Å². The molecule has 148 valence electrons. The highest BCUT2D eigenvalue weighted by Gasteiger charge is 2.21. The number of hydrogen-bond donors (Lipinski definition) is 3. The molecule has 0 aliphatic rings. The molecule has 3 N–H and O–H groups in total. The molecule has 2 aromatic rings. The number of aryl methyl sites for hydroxylation is 1. The van der Waals surface area contributed by atoms with Crippen LogP contribution in [0.2, 0.25) is 0 Å². The van der Waals surface area contributed by atoms with E-state index in [-0.39, 0.29) is 12.5 Å². The van der Waals surface area contributed by atoms with Crippen molar-refractivity contribution in [2.24, 2.45) is 5.92 Å². The molecule has 2 amide bonds. The highest BCUT2D eigenvalue weighted by atomic mass is 16.4. The third kappa shape index (κ3) is 5.90. The summed E-state index contributed by atoms with van der Waals surface area (Å²) in [5.41, 5.74) is 2.61. The fourth-order valence-electron chi connectivity index (χ4n) is 2.76. The number of carboxylic acids is 1. The second-order valence-electron chi connectivity index (χ2n) is 6.97. The normalized spacial score (nSPS) is 11.7. The van der Waals surface area contributed by atoms with Gasteiger partial charge in [-0.25, -0.2) is 4.79 Å². The van der Waals surface area contributed by atoms with Crippen LogP contribution in [0.25, 0.3) is 11.3 Å². The second kappa shape index (κ2) is 9.64. The number of carbonyl (C=O) groups excluding carboxylic acids is 2. The van der Waals surface area contributed by atoms with Gasteiger partial charge < -0.3 is 15.7 Å². The van der Waals surface area contributed by atoms with Gasteiger partial charge in [-0.1, -0.05) is 44.2 Å². The summed E-state index contributed by atoms with van der Waals surface area (Å²) >= 11 is 0. The summed E-state index contributed by atoms with van der Waals surface area (Å²) in [6, 6.07) is 12.0. The van der Waals surface area contributed by atoms with Crippen LogP contribution in [-0.2, 0) is 9.59 Å². The lowest BCUT2D eigenvalue weighted by Gasteiger charge is -2.16. The summed E-state index contributed by atoms with van der Waals surface area (Å²) in [6.45, 7) is 5.17. The second-order valence-corrected chi connectivity index (χ2v) is 6.97. The van der Waals surface area contributed by atoms with Gasteiger partial charge in [-0.2, -0.15) is 0 Å². The van der Waals surface area contributed by atoms with Crippen molar-refractivity contribution in [1.29, 1.82) is 0 Å². The maximum Gasteiger partial charge on any atom is 0.326 e. The van der Waals surface area contributed by atoms with Crippen LogP contribution in [-0.4, -0.2) is 40.5 Å². The Labute approximate surface area is 164 Å². The summed E-state index contributed by atoms with van der Waals surface area (Å²) < 4.78 is 0. The number of nitrogens with one attached hydrogen (secondary N) is 2. The van der Waals surface area contributed by atoms with E-state index in [1.807, 2.05) is 44.2 Å². The van der Waals surface area contributed by atoms with E-state index in [1.165, 1.54) is 0 Å². The number of benzene rings is 1. The Morgan fingerprint density at radius 1 is 1.07 bits per heavy atom. The number of hydrogen-bond acceptors (Lipinski definition) is 4. The van der Waals surface area contributed by atoms with Gasteiger partial charge in [0.05, 0.1) is 23.5 Å². The molecule has 0 saturated carbocycles. The topological polar surface area (TPSA) is 108 Å². The maximum absolute atomic E-state index is 12.4. The SMILES string of the molecule is Cc1nc(-c2ccccc2)ccc1C(=O)NCC(=O)N[C@@H](CC(C)C)C(=O)O. The van der Waals surface area contributed by atoms with E-state index in [0.717, 1.165) is 11.3 Å². The van der Waals surface area contributed by atoms with E-state index in [9.17, 15) is 19.5 Å². The number of aliphatic carboxylic acids is 1. The van der Waals surface area contributed by atoms with Crippen LogP contribution in [0.3, 0.4) is 0 Å². The molecule has 0 fully saturated rings. The molecule has 2 rings (SSSR count). The summed E-state index contributed by atoms with van der Waals surface area (Å²) in [4.78, 5) is 40.0. The minimum atomic E-state index is -1.09. The van der Waals surface area contributed by atoms with Gasteiger partial charge in [0, 0.05) is 5.56 Å². The Balaban J connectivity index is 1.97. The van der Waals surface area contributed by atoms with E-state index in [4.69, 9.17) is 0 Å². The lowest BCUT2D eigenvalue weighted by Crippen LogP contribution is -2.46. The molecular formula is C21H25N3O4. The molecule has 0 unspecified atom stereocenters. The molecule has 7 nitrogen and oxygen atoms in total. The molecule has 7 heteroatoms. The van der Waals surface area contributed by atoms with Crippen LogP contribution in [0, 0.1) is 12.8 Å². The van der Waals surface area contributed by atoms with Crippen LogP contribution in [0.15, 0.2) is 42.5 Å². The van der Waals surface area contributed by atoms with Crippen molar-refractivity contribution < 1.29 is 19.5 Å². The van der Waals surface area contributed by atoms with E-state index >= 15 is 0 Å². The van der Waals surface area contributed by atoms with Crippen molar-refractivity contribution in [1.82, 2.24) is 15.6 Å². The zero-order valence-electron chi connectivity index (χ0n) is 16.2. The molecule has 1 aromatic heterocycles. The highest BCUT2D eigenvalue weighted by Crippen LogP contribution is 2.18. The first-order valence-electron chi connectivity index (χ1n) is 9.11. The summed E-state index contributed by atoms with van der Waals surface area (Å²) in [7, 11) is 0. The minimum absolute atomic E-state index is 0.118. The number of carboxylic acid groups (broad SMARTS) is 1. The van der Waals surface area contributed by atoms with Gasteiger partial charge in [0.1, 0.15) is 6.04 Å². The van der Waals surface area contributed by atoms with Crippen LogP contribution >= 0.6 is 0 Å². The quantitative estimate of drug-likeness (QED) is 0.649. The Hall–Kier alpha value is -3.22. The summed E-state index contributed by atoms with van der Waals surface area (Å²) in [6.07, 6.45) is 0.318. The van der Waals surface area contributed by atoms with E-state index in [2.05, 4.69) is 15.6 Å². The third-order valence-electron chi connectivity index (χ3n) is 4.15. The third-order valence-corrected chi connectivity index (χ3v) is 4.15. The first-order chi connectivity index (χ1) is 13.3. The van der Waals surface area contributed by atoms with Crippen molar-refractivity contribution in [3.63, 3.8) is 0 Å². The first kappa shape index (κ1) is 21.1. The van der Waals surface area contributed by atoms with Crippen molar-refractivity contribution >= 4 is 17.8 Å². The Kier molecular flexibility index (Phi) is 7.26. The van der Waals surface area contributed by atoms with Crippen LogP contribution in [0.4, 0.5) is 0 Å². The average Bonchev–Trinajstić information content (AvgIpc) is 2.65. The van der Waals surface area contributed by atoms with E-state index in [0.29, 0.717) is 17.7 Å². The van der Waals surface area contributed by atoms with Gasteiger partial charge in [0.2, 0.25) is 5.91 Å². The molecule has 0 aliphatic carbocycles. The predicted octanol–water partition coefficient (Wildman–Crippen LogP) is 2.40. The van der Waals surface area contributed by atoms with E-state index < -0.39 is 23.8 Å². The summed E-state index contributed by atoms with van der Waals surface area (Å²) in [5, 5.41) is 14.1. The number of rotatable bonds is 8. The molecule has 1 heterocycles. The molecule has 1 atom stereocenters. The number of carbonyl (C=O) groups is 3. The summed E-state index contributed by atoms with van der Waals surface area (Å²) in [5.74, 6) is -1.96. The maximum atomic E-state index is 12.4. The van der Waals surface area contributed by atoms with Crippen LogP contribution in [0.1, 0.15) is 36.3 Å². The Morgan fingerprint density at radius 2 is 1.75 bits per heavy atom. The van der Waals surface area contributed by atoms with Gasteiger partial charge in [-0.05, 0) is 31.4 Å². The largest absolute Gasteiger partial charge is 0.480 e. The lowest BCUT2D eigenvalue weighted by molar-refractivity contribution is -0.142. The standard InChI is InChI=1S/C21H25N3O4/c1-13(2)11-18(21(27)28)24-19(25)12-22-20(26)16-9-10-17(23-14(16)3)15-7-5-4-6-8-15/h4-10,13,18H,11-12H2,1-3H3,(H,22,26)(H,24,25)(H,27,28)/t18-/m0/s1. The molecule has 0 aliphatic heterocycles. The van der Waals surface area contributed by atoms with Crippen molar-refractivity contribution in [3.8, 4) is 11.3 Å². The van der Waals surface area contributed by atoms with Gasteiger partial charge in [-0.15, -0.1) is 0 Å². The fraction of sp³-hybridized carbons (Fsp3) is 0.333. The van der Waals surface area contributed by atoms with Crippen molar-refractivity contribution in [2.45, 2.75) is 33.2 Å². The molecule has 0 saturated heterocycles. The van der Waals surface area contributed by atoms with Crippen LogP contribution < -0.4 is 10.6 Å². The smallest absolute Gasteiger partial charge is 0.326 e. The molecule has 28 heavy (non-hydrogen) atoms. The Bertz CT molecular complexity index is 850. The zero-order chi connectivity index (χ0) is 20.7. The Morgan fingerprint density at radius 3 is 2.32 bits per heavy atom. The monoisotopic (exact) mass is 383 g/mol. The lowest BCUT2D eigenvalue weighted by atomic mass is 10.0. The number of aromatic nitrogens is 1. The van der Waals surface area contributed by atoms with Crippen molar-refractivity contribution in [2.75, 3.05) is 6.54 Å². The van der Waals surface area contributed by atoms with Gasteiger partial charge in [-0.3, -0.25) is 14.6 Å². The van der Waals surface area contributed by atoms with Crippen LogP contribution in [0.5, 0.6) is 0 Å². The van der Waals surface area contributed by atoms with Crippen molar-refractivity contribution in [3.05, 3.63) is 53.7 Å². The number of nitrogens with zero attached hydrogens (tertiary/aromatic N) is 1. The molecule has 1 aromatic carbocycles. The van der Waals surface area contributed by atoms with Gasteiger partial charge in [0.15, 0.2) is 0 Å². The highest BCUT2D eigenvalue weighted by molar-refractivity contribution is 5.97. The number of amides is 2. The van der Waals surface area contributed by atoms with E-state index in [1.54, 1.807) is 19.1 Å². The predicted molar refractivity (Wildman–Crippen MR) is 106 cm³/mol. The van der Waals surface area contributed by atoms with Gasteiger partial charge in [0.25, 0.3) is 5.91 Å². The molecular weight excluding hydrogens is 358 g/mol. The molecule has 0 bridgehead atoms. The average molecular weight is 383 g/mol.